The van der Waals surface area contributed by atoms with Gasteiger partial charge in [0.2, 0.25) is 0 Å². The lowest BCUT2D eigenvalue weighted by Crippen LogP contribution is -2.26. The van der Waals surface area contributed by atoms with Crippen molar-refractivity contribution in [2.24, 2.45) is 0 Å². The van der Waals surface area contributed by atoms with Crippen molar-refractivity contribution >= 4 is 0 Å². The fourth-order valence-corrected chi connectivity index (χ4v) is 2.47. The van der Waals surface area contributed by atoms with Crippen LogP contribution >= 0.6 is 0 Å². The van der Waals surface area contributed by atoms with Gasteiger partial charge in [-0.2, -0.15) is 0 Å². The van der Waals surface area contributed by atoms with Gasteiger partial charge in [-0.1, -0.05) is 58.8 Å². The average Bonchev–Trinajstić information content (AvgIpc) is 2.82. The van der Waals surface area contributed by atoms with Crippen LogP contribution < -0.4 is 0 Å². The van der Waals surface area contributed by atoms with E-state index < -0.39 is 0 Å². The zero-order chi connectivity index (χ0) is 13.1. The molecule has 0 spiro atoms. The number of nitrogens with zero attached hydrogens (tertiary/aromatic N) is 2. The van der Waals surface area contributed by atoms with Crippen molar-refractivity contribution in [3.63, 3.8) is 0 Å². The highest BCUT2D eigenvalue weighted by Gasteiger charge is 2.10. The van der Waals surface area contributed by atoms with E-state index >= 15 is 0 Å². The normalized spacial score (nSPS) is 14.8. The van der Waals surface area contributed by atoms with E-state index in [1.54, 1.807) is 0 Å². The van der Waals surface area contributed by atoms with Crippen molar-refractivity contribution in [2.45, 2.75) is 71.6 Å². The minimum Gasteiger partial charge on any atom is -0.359 e. The molecule has 18 heavy (non-hydrogen) atoms. The summed E-state index contributed by atoms with van der Waals surface area (Å²) in [6.07, 6.45) is 16.9. The number of hydrogen-bond acceptors (Lipinski definition) is 2. The predicted octanol–water partition coefficient (Wildman–Crippen LogP) is 4.58. The largest absolute Gasteiger partial charge is 0.359 e. The molecule has 0 bridgehead atoms. The van der Waals surface area contributed by atoms with Gasteiger partial charge in [-0.15, -0.1) is 0 Å². The summed E-state index contributed by atoms with van der Waals surface area (Å²) in [6, 6.07) is 0. The maximum atomic E-state index is 2.46. The molecular weight excluding hydrogens is 220 g/mol. The minimum atomic E-state index is 1.12. The van der Waals surface area contributed by atoms with E-state index in [9.17, 15) is 0 Å². The summed E-state index contributed by atoms with van der Waals surface area (Å²) < 4.78 is 0. The summed E-state index contributed by atoms with van der Waals surface area (Å²) in [7, 11) is 0. The second-order valence-corrected chi connectivity index (χ2v) is 5.54. The summed E-state index contributed by atoms with van der Waals surface area (Å²) in [5, 5.41) is 0. The Hall–Kier alpha value is -0.660. The van der Waals surface area contributed by atoms with Gasteiger partial charge in [0.1, 0.15) is 0 Å². The Bertz CT molecular complexity index is 213. The first-order chi connectivity index (χ1) is 8.86. The minimum absolute atomic E-state index is 1.12. The first-order valence-electron chi connectivity index (χ1n) is 8.03. The fourth-order valence-electron chi connectivity index (χ4n) is 2.47. The quantitative estimate of drug-likeness (QED) is 0.496. The Kier molecular flexibility index (Phi) is 8.79. The van der Waals surface area contributed by atoms with Gasteiger partial charge >= 0.3 is 0 Å². The first-order valence-corrected chi connectivity index (χ1v) is 8.03. The van der Waals surface area contributed by atoms with Crippen molar-refractivity contribution in [3.05, 3.63) is 12.4 Å². The molecule has 0 aromatic rings. The van der Waals surface area contributed by atoms with Gasteiger partial charge in [-0.05, 0) is 12.8 Å². The van der Waals surface area contributed by atoms with Gasteiger partial charge in [-0.3, -0.25) is 0 Å². The van der Waals surface area contributed by atoms with E-state index in [-0.39, 0.29) is 0 Å². The molecule has 0 N–H and O–H groups in total. The monoisotopic (exact) mass is 252 g/mol. The van der Waals surface area contributed by atoms with E-state index in [0.717, 1.165) is 6.67 Å². The molecule has 1 aliphatic rings. The van der Waals surface area contributed by atoms with Gasteiger partial charge in [0.05, 0.1) is 6.67 Å². The van der Waals surface area contributed by atoms with E-state index in [1.165, 1.54) is 70.9 Å². The molecule has 0 fully saturated rings. The summed E-state index contributed by atoms with van der Waals surface area (Å²) in [5.41, 5.74) is 0. The molecule has 1 rings (SSSR count). The van der Waals surface area contributed by atoms with E-state index in [0.29, 0.717) is 0 Å². The Balaban J connectivity index is 1.93. The van der Waals surface area contributed by atoms with Crippen LogP contribution in [-0.4, -0.2) is 29.6 Å². The summed E-state index contributed by atoms with van der Waals surface area (Å²) >= 11 is 0. The third-order valence-corrected chi connectivity index (χ3v) is 3.70. The maximum Gasteiger partial charge on any atom is 0.0893 e. The van der Waals surface area contributed by atoms with Crippen LogP contribution in [0.25, 0.3) is 0 Å². The van der Waals surface area contributed by atoms with Crippen molar-refractivity contribution in [1.82, 2.24) is 9.80 Å². The molecule has 1 heterocycles. The van der Waals surface area contributed by atoms with E-state index in [4.69, 9.17) is 0 Å². The SMILES string of the molecule is CCCCCCCCN1C=CN(CCCCC)C1. The molecule has 2 nitrogen and oxygen atoms in total. The second kappa shape index (κ2) is 10.3. The fraction of sp³-hybridized carbons (Fsp3) is 0.875. The lowest BCUT2D eigenvalue weighted by molar-refractivity contribution is 0.257. The standard InChI is InChI=1S/C16H32N2/c1-3-5-7-8-9-11-13-18-15-14-17(16-18)12-10-6-4-2/h14-15H,3-13,16H2,1-2H3. The highest BCUT2D eigenvalue weighted by Crippen LogP contribution is 2.11. The van der Waals surface area contributed by atoms with Gasteiger partial charge in [-0.25, -0.2) is 0 Å². The smallest absolute Gasteiger partial charge is 0.0893 e. The first kappa shape index (κ1) is 15.4. The summed E-state index contributed by atoms with van der Waals surface area (Å²) in [6.45, 7) is 8.15. The van der Waals surface area contributed by atoms with Crippen LogP contribution in [-0.2, 0) is 0 Å². The highest BCUT2D eigenvalue weighted by atomic mass is 15.3. The molecule has 0 saturated heterocycles. The molecule has 0 saturated carbocycles. The zero-order valence-corrected chi connectivity index (χ0v) is 12.5. The number of hydrogen-bond donors (Lipinski definition) is 0. The molecule has 0 aromatic carbocycles. The van der Waals surface area contributed by atoms with Crippen LogP contribution in [0.3, 0.4) is 0 Å². The Morgan fingerprint density at radius 3 is 1.72 bits per heavy atom. The van der Waals surface area contributed by atoms with Crippen molar-refractivity contribution in [2.75, 3.05) is 19.8 Å². The Morgan fingerprint density at radius 1 is 0.667 bits per heavy atom. The van der Waals surface area contributed by atoms with Crippen LogP contribution in [0.15, 0.2) is 12.4 Å². The van der Waals surface area contributed by atoms with Crippen molar-refractivity contribution in [1.29, 1.82) is 0 Å². The molecule has 0 aromatic heterocycles. The number of unbranched alkanes of at least 4 members (excludes halogenated alkanes) is 7. The lowest BCUT2D eigenvalue weighted by Gasteiger charge is -2.21. The van der Waals surface area contributed by atoms with Gasteiger partial charge in [0.25, 0.3) is 0 Å². The molecule has 0 unspecified atom stereocenters. The molecule has 0 radical (unpaired) electrons. The van der Waals surface area contributed by atoms with Crippen molar-refractivity contribution < 1.29 is 0 Å². The highest BCUT2D eigenvalue weighted by molar-refractivity contribution is 4.90. The van der Waals surface area contributed by atoms with Crippen LogP contribution in [0.2, 0.25) is 0 Å². The molecule has 0 atom stereocenters. The van der Waals surface area contributed by atoms with Crippen LogP contribution in [0.5, 0.6) is 0 Å². The molecular formula is C16H32N2. The summed E-state index contributed by atoms with van der Waals surface area (Å²) in [5.74, 6) is 0. The topological polar surface area (TPSA) is 6.48 Å². The Labute approximate surface area is 114 Å². The second-order valence-electron chi connectivity index (χ2n) is 5.54. The molecule has 1 aliphatic heterocycles. The molecule has 0 aliphatic carbocycles. The van der Waals surface area contributed by atoms with Crippen molar-refractivity contribution in [3.8, 4) is 0 Å². The van der Waals surface area contributed by atoms with Crippen LogP contribution in [0.4, 0.5) is 0 Å². The van der Waals surface area contributed by atoms with Crippen LogP contribution in [0.1, 0.15) is 71.6 Å². The molecule has 106 valence electrons. The van der Waals surface area contributed by atoms with Crippen LogP contribution in [0, 0.1) is 0 Å². The van der Waals surface area contributed by atoms with E-state index in [1.807, 2.05) is 0 Å². The van der Waals surface area contributed by atoms with E-state index in [2.05, 4.69) is 36.0 Å². The maximum absolute atomic E-state index is 2.46. The van der Waals surface area contributed by atoms with Gasteiger partial charge < -0.3 is 9.80 Å². The predicted molar refractivity (Wildman–Crippen MR) is 80.3 cm³/mol. The number of rotatable bonds is 11. The molecule has 0 amide bonds. The van der Waals surface area contributed by atoms with Gasteiger partial charge in [0.15, 0.2) is 0 Å². The lowest BCUT2D eigenvalue weighted by atomic mass is 10.1. The third kappa shape index (κ3) is 6.93. The Morgan fingerprint density at radius 2 is 1.11 bits per heavy atom. The molecule has 2 heteroatoms. The van der Waals surface area contributed by atoms with Gasteiger partial charge in [0, 0.05) is 25.5 Å². The summed E-state index contributed by atoms with van der Waals surface area (Å²) in [4.78, 5) is 4.92. The average molecular weight is 252 g/mol. The third-order valence-electron chi connectivity index (χ3n) is 3.70. The zero-order valence-electron chi connectivity index (χ0n) is 12.5.